The van der Waals surface area contributed by atoms with Crippen LogP contribution in [0.15, 0.2) is 48.0 Å². The van der Waals surface area contributed by atoms with Gasteiger partial charge in [0.05, 0.1) is 11.3 Å². The lowest BCUT2D eigenvalue weighted by Gasteiger charge is -2.24. The van der Waals surface area contributed by atoms with Crippen molar-refractivity contribution in [1.29, 1.82) is 0 Å². The highest BCUT2D eigenvalue weighted by atomic mass is 32.1. The molecule has 0 amide bonds. The van der Waals surface area contributed by atoms with E-state index >= 15 is 0 Å². The zero-order valence-corrected chi connectivity index (χ0v) is 14.5. The summed E-state index contributed by atoms with van der Waals surface area (Å²) in [5.41, 5.74) is 4.10. The van der Waals surface area contributed by atoms with Crippen molar-refractivity contribution in [2.75, 3.05) is 11.4 Å². The number of nitrogens with zero attached hydrogens (tertiary/aromatic N) is 3. The number of fused-ring (bicyclic) bond motifs is 2. The summed E-state index contributed by atoms with van der Waals surface area (Å²) in [7, 11) is 0. The highest BCUT2D eigenvalue weighted by Gasteiger charge is 2.30. The predicted molar refractivity (Wildman–Crippen MR) is 98.9 cm³/mol. The van der Waals surface area contributed by atoms with Crippen LogP contribution in [0.2, 0.25) is 0 Å². The first-order chi connectivity index (χ1) is 12.3. The van der Waals surface area contributed by atoms with E-state index in [1.54, 1.807) is 17.5 Å². The molecule has 0 saturated heterocycles. The molecule has 5 heteroatoms. The second kappa shape index (κ2) is 5.77. The molecule has 0 saturated carbocycles. The number of rotatable bonds is 2. The average molecular weight is 347 g/mol. The lowest BCUT2D eigenvalue weighted by Crippen LogP contribution is -2.23. The summed E-state index contributed by atoms with van der Waals surface area (Å²) in [6, 6.07) is 12.6. The lowest BCUT2D eigenvalue weighted by atomic mass is 9.86. The maximum absolute atomic E-state index is 12.5. The van der Waals surface area contributed by atoms with Gasteiger partial charge in [-0.05, 0) is 35.9 Å². The fourth-order valence-electron chi connectivity index (χ4n) is 3.84. The molecule has 0 unspecified atom stereocenters. The van der Waals surface area contributed by atoms with E-state index in [1.165, 1.54) is 16.1 Å². The van der Waals surface area contributed by atoms with Gasteiger partial charge in [-0.15, -0.1) is 11.3 Å². The van der Waals surface area contributed by atoms with Crippen molar-refractivity contribution in [3.05, 3.63) is 69.7 Å². The Labute approximate surface area is 150 Å². The monoisotopic (exact) mass is 347 g/mol. The normalized spacial score (nSPS) is 19.0. The molecule has 0 radical (unpaired) electrons. The molecular weight excluding hydrogens is 330 g/mol. The molecule has 1 aliphatic heterocycles. The quantitative estimate of drug-likeness (QED) is 0.699. The van der Waals surface area contributed by atoms with Gasteiger partial charge in [0.1, 0.15) is 0 Å². The van der Waals surface area contributed by atoms with E-state index in [9.17, 15) is 4.79 Å². The summed E-state index contributed by atoms with van der Waals surface area (Å²) in [5.74, 6) is 1.12. The molecular formula is C20H17N3OS. The molecule has 3 heterocycles. The van der Waals surface area contributed by atoms with E-state index in [0.717, 1.165) is 25.1 Å². The first-order valence-electron chi connectivity index (χ1n) is 8.57. The summed E-state index contributed by atoms with van der Waals surface area (Å²) in [5, 5.41) is 2.07. The number of anilines is 2. The fourth-order valence-corrected chi connectivity index (χ4v) is 4.67. The van der Waals surface area contributed by atoms with E-state index in [-0.39, 0.29) is 11.7 Å². The molecule has 25 heavy (non-hydrogen) atoms. The van der Waals surface area contributed by atoms with Crippen LogP contribution >= 0.6 is 11.3 Å². The van der Waals surface area contributed by atoms with Gasteiger partial charge < -0.3 is 4.90 Å². The van der Waals surface area contributed by atoms with Gasteiger partial charge >= 0.3 is 0 Å². The summed E-state index contributed by atoms with van der Waals surface area (Å²) in [4.78, 5) is 25.3. The molecule has 0 bridgehead atoms. The Hall–Kier alpha value is -2.53. The highest BCUT2D eigenvalue weighted by molar-refractivity contribution is 7.10. The molecule has 3 aromatic rings. The van der Waals surface area contributed by atoms with Crippen LogP contribution < -0.4 is 4.90 Å². The minimum absolute atomic E-state index is 0.160. The third kappa shape index (κ3) is 2.46. The maximum Gasteiger partial charge on any atom is 0.230 e. The van der Waals surface area contributed by atoms with Gasteiger partial charge in [0, 0.05) is 35.6 Å². The molecule has 1 aromatic carbocycles. The molecule has 2 aliphatic rings. The second-order valence-corrected chi connectivity index (χ2v) is 7.58. The highest BCUT2D eigenvalue weighted by Crippen LogP contribution is 2.36. The molecule has 0 spiro atoms. The van der Waals surface area contributed by atoms with Crippen molar-refractivity contribution < 1.29 is 4.79 Å². The molecule has 0 N–H and O–H groups in total. The van der Waals surface area contributed by atoms with Crippen molar-refractivity contribution in [1.82, 2.24) is 9.97 Å². The Morgan fingerprint density at radius 2 is 2.04 bits per heavy atom. The van der Waals surface area contributed by atoms with Gasteiger partial charge in [-0.2, -0.15) is 0 Å². The summed E-state index contributed by atoms with van der Waals surface area (Å²) in [6.45, 7) is 0.889. The number of carbonyl (C=O) groups is 1. The van der Waals surface area contributed by atoms with Crippen LogP contribution in [-0.4, -0.2) is 22.3 Å². The van der Waals surface area contributed by atoms with Crippen molar-refractivity contribution in [3.8, 4) is 0 Å². The van der Waals surface area contributed by atoms with Crippen LogP contribution in [0.3, 0.4) is 0 Å². The lowest BCUT2D eigenvalue weighted by molar-refractivity contribution is 0.0963. The van der Waals surface area contributed by atoms with Crippen LogP contribution in [0, 0.1) is 0 Å². The van der Waals surface area contributed by atoms with Crippen LogP contribution in [-0.2, 0) is 12.8 Å². The Kier molecular flexibility index (Phi) is 3.41. The van der Waals surface area contributed by atoms with Gasteiger partial charge in [0.2, 0.25) is 5.95 Å². The van der Waals surface area contributed by atoms with E-state index in [1.807, 2.05) is 12.1 Å². The van der Waals surface area contributed by atoms with E-state index in [2.05, 4.69) is 39.5 Å². The van der Waals surface area contributed by atoms with Crippen LogP contribution in [0.4, 0.5) is 11.6 Å². The van der Waals surface area contributed by atoms with Gasteiger partial charge in [0.25, 0.3) is 0 Å². The average Bonchev–Trinajstić information content (AvgIpc) is 3.31. The Morgan fingerprint density at radius 1 is 1.12 bits per heavy atom. The second-order valence-electron chi connectivity index (χ2n) is 6.60. The van der Waals surface area contributed by atoms with E-state index in [0.29, 0.717) is 17.9 Å². The third-order valence-corrected chi connectivity index (χ3v) is 6.14. The van der Waals surface area contributed by atoms with Crippen molar-refractivity contribution >= 4 is 28.8 Å². The number of para-hydroxylation sites is 1. The zero-order valence-electron chi connectivity index (χ0n) is 13.7. The molecule has 124 valence electrons. The maximum atomic E-state index is 12.5. The Balaban J connectivity index is 1.52. The summed E-state index contributed by atoms with van der Waals surface area (Å²) in [6.07, 6.45) is 4.11. The Bertz CT molecular complexity index is 951. The topological polar surface area (TPSA) is 46.1 Å². The number of hydrogen-bond acceptors (Lipinski definition) is 5. The standard InChI is InChI=1S/C20H17N3OS/c24-18-11-14(19-6-3-9-25-19)10-16-15(18)12-21-20(22-16)23-8-7-13-4-1-2-5-17(13)23/h1-6,9,12,14H,7-8,10-11H2/t14-/m1/s1. The number of carbonyl (C=O) groups excluding carboxylic acids is 1. The van der Waals surface area contributed by atoms with Crippen LogP contribution in [0.5, 0.6) is 0 Å². The number of Topliss-reactive ketones (excluding diaryl/α,β-unsaturated/α-hetero) is 1. The number of aromatic nitrogens is 2. The minimum Gasteiger partial charge on any atom is -0.310 e. The van der Waals surface area contributed by atoms with Crippen LogP contribution in [0.1, 0.15) is 38.8 Å². The number of benzene rings is 1. The van der Waals surface area contributed by atoms with Crippen LogP contribution in [0.25, 0.3) is 0 Å². The van der Waals surface area contributed by atoms with Gasteiger partial charge in [0.15, 0.2) is 5.78 Å². The molecule has 1 aliphatic carbocycles. The van der Waals surface area contributed by atoms with Crippen molar-refractivity contribution in [3.63, 3.8) is 0 Å². The summed E-state index contributed by atoms with van der Waals surface area (Å²) >= 11 is 1.72. The zero-order chi connectivity index (χ0) is 16.8. The largest absolute Gasteiger partial charge is 0.310 e. The molecule has 4 nitrogen and oxygen atoms in total. The number of hydrogen-bond donors (Lipinski definition) is 0. The smallest absolute Gasteiger partial charge is 0.230 e. The van der Waals surface area contributed by atoms with Gasteiger partial charge in [-0.1, -0.05) is 24.3 Å². The number of ketones is 1. The molecule has 2 aromatic heterocycles. The fraction of sp³-hybridized carbons (Fsp3) is 0.250. The van der Waals surface area contributed by atoms with Gasteiger partial charge in [-0.3, -0.25) is 4.79 Å². The third-order valence-electron chi connectivity index (χ3n) is 5.10. The molecule has 5 rings (SSSR count). The minimum atomic E-state index is 0.160. The number of thiophene rings is 1. The summed E-state index contributed by atoms with van der Waals surface area (Å²) < 4.78 is 0. The molecule has 0 fully saturated rings. The predicted octanol–water partition coefficient (Wildman–Crippen LogP) is 4.15. The molecule has 1 atom stereocenters. The van der Waals surface area contributed by atoms with Crippen molar-refractivity contribution in [2.45, 2.75) is 25.2 Å². The first-order valence-corrected chi connectivity index (χ1v) is 9.45. The van der Waals surface area contributed by atoms with E-state index in [4.69, 9.17) is 4.98 Å². The van der Waals surface area contributed by atoms with Crippen molar-refractivity contribution in [2.24, 2.45) is 0 Å². The van der Waals surface area contributed by atoms with E-state index < -0.39 is 0 Å². The SMILES string of the molecule is O=C1C[C@H](c2cccs2)Cc2nc(N3CCc4ccccc43)ncc21. The Morgan fingerprint density at radius 3 is 2.92 bits per heavy atom. The van der Waals surface area contributed by atoms with Gasteiger partial charge in [-0.25, -0.2) is 9.97 Å². The first kappa shape index (κ1) is 14.8.